The van der Waals surface area contributed by atoms with Crippen molar-refractivity contribution in [3.05, 3.63) is 17.0 Å². The lowest BCUT2D eigenvalue weighted by Crippen LogP contribution is -2.40. The fourth-order valence-corrected chi connectivity index (χ4v) is 3.76. The van der Waals surface area contributed by atoms with E-state index in [1.54, 1.807) is 13.8 Å². The van der Waals surface area contributed by atoms with Crippen LogP contribution in [-0.2, 0) is 10.0 Å². The Kier molecular flexibility index (Phi) is 4.85. The molecule has 0 unspecified atom stereocenters. The molecule has 8 heteroatoms. The molecule has 3 N–H and O–H groups in total. The zero-order chi connectivity index (χ0) is 13.9. The topological polar surface area (TPSA) is 104 Å². The maximum absolute atomic E-state index is 11.9. The molecular formula is C10H15NO5S2. The van der Waals surface area contributed by atoms with Gasteiger partial charge in [-0.05, 0) is 12.0 Å². The third kappa shape index (κ3) is 3.52. The maximum atomic E-state index is 11.9. The van der Waals surface area contributed by atoms with Crippen LogP contribution >= 0.6 is 11.3 Å². The van der Waals surface area contributed by atoms with Gasteiger partial charge in [-0.2, -0.15) is 0 Å². The molecule has 1 heterocycles. The molecule has 0 saturated heterocycles. The molecule has 102 valence electrons. The monoisotopic (exact) mass is 293 g/mol. The van der Waals surface area contributed by atoms with E-state index in [-0.39, 0.29) is 22.3 Å². The van der Waals surface area contributed by atoms with Gasteiger partial charge in [0, 0.05) is 11.4 Å². The molecular weight excluding hydrogens is 278 g/mol. The Morgan fingerprint density at radius 3 is 2.50 bits per heavy atom. The first-order valence-corrected chi connectivity index (χ1v) is 7.59. The molecule has 0 saturated carbocycles. The molecule has 0 aromatic carbocycles. The Bertz CT molecular complexity index is 520. The number of sulfonamides is 1. The van der Waals surface area contributed by atoms with Crippen molar-refractivity contribution in [2.24, 2.45) is 5.92 Å². The lowest BCUT2D eigenvalue weighted by Gasteiger charge is -2.19. The van der Waals surface area contributed by atoms with Gasteiger partial charge in [0.1, 0.15) is 4.21 Å². The molecule has 0 aliphatic carbocycles. The minimum Gasteiger partial charge on any atom is -0.478 e. The van der Waals surface area contributed by atoms with E-state index in [9.17, 15) is 13.2 Å². The first-order valence-electron chi connectivity index (χ1n) is 5.23. The van der Waals surface area contributed by atoms with E-state index in [1.165, 1.54) is 5.38 Å². The van der Waals surface area contributed by atoms with Crippen LogP contribution in [0.15, 0.2) is 15.7 Å². The summed E-state index contributed by atoms with van der Waals surface area (Å²) in [6.07, 6.45) is 0. The second kappa shape index (κ2) is 5.79. The van der Waals surface area contributed by atoms with Crippen molar-refractivity contribution in [1.82, 2.24) is 4.72 Å². The number of aliphatic hydroxyl groups excluding tert-OH is 1. The molecule has 1 aromatic rings. The summed E-state index contributed by atoms with van der Waals surface area (Å²) in [6, 6.07) is 0.509. The number of thiophene rings is 1. The van der Waals surface area contributed by atoms with Gasteiger partial charge in [0.2, 0.25) is 10.0 Å². The Hall–Kier alpha value is -0.960. The number of nitrogens with one attached hydrogen (secondary N) is 1. The largest absolute Gasteiger partial charge is 0.478 e. The number of hydrogen-bond donors (Lipinski definition) is 3. The number of hydrogen-bond acceptors (Lipinski definition) is 5. The molecule has 0 radical (unpaired) electrons. The van der Waals surface area contributed by atoms with E-state index >= 15 is 0 Å². The lowest BCUT2D eigenvalue weighted by atomic mass is 10.1. The Morgan fingerprint density at radius 2 is 2.11 bits per heavy atom. The molecule has 0 spiro atoms. The van der Waals surface area contributed by atoms with Gasteiger partial charge in [-0.3, -0.25) is 0 Å². The van der Waals surface area contributed by atoms with E-state index in [2.05, 4.69) is 4.72 Å². The van der Waals surface area contributed by atoms with E-state index in [0.717, 1.165) is 17.4 Å². The summed E-state index contributed by atoms with van der Waals surface area (Å²) in [5, 5.41) is 19.1. The summed E-state index contributed by atoms with van der Waals surface area (Å²) >= 11 is 0.836. The fraction of sp³-hybridized carbons (Fsp3) is 0.500. The van der Waals surface area contributed by atoms with E-state index < -0.39 is 22.0 Å². The third-order valence-corrected chi connectivity index (χ3v) is 5.32. The average molecular weight is 293 g/mol. The number of rotatable bonds is 6. The summed E-state index contributed by atoms with van der Waals surface area (Å²) in [5.74, 6) is -1.24. The maximum Gasteiger partial charge on any atom is 0.336 e. The van der Waals surface area contributed by atoms with Gasteiger partial charge in [-0.25, -0.2) is 17.9 Å². The minimum absolute atomic E-state index is 0.0644. The summed E-state index contributed by atoms with van der Waals surface area (Å²) in [5.41, 5.74) is -0.0644. The first kappa shape index (κ1) is 15.1. The van der Waals surface area contributed by atoms with Gasteiger partial charge >= 0.3 is 5.97 Å². The third-order valence-electron chi connectivity index (χ3n) is 2.40. The van der Waals surface area contributed by atoms with Crippen molar-refractivity contribution in [3.63, 3.8) is 0 Å². The van der Waals surface area contributed by atoms with Crippen LogP contribution in [0.5, 0.6) is 0 Å². The Morgan fingerprint density at radius 1 is 1.50 bits per heavy atom. The molecule has 18 heavy (non-hydrogen) atoms. The van der Waals surface area contributed by atoms with Crippen LogP contribution in [-0.4, -0.2) is 37.2 Å². The summed E-state index contributed by atoms with van der Waals surface area (Å²) in [7, 11) is -3.78. The SMILES string of the molecule is CC(C)[C@@H](CO)NS(=O)(=O)c1cc(C(=O)O)cs1. The van der Waals surface area contributed by atoms with Crippen LogP contribution in [0.25, 0.3) is 0 Å². The van der Waals surface area contributed by atoms with E-state index in [4.69, 9.17) is 10.2 Å². The quantitative estimate of drug-likeness (QED) is 0.717. The van der Waals surface area contributed by atoms with Gasteiger partial charge in [0.15, 0.2) is 0 Å². The highest BCUT2D eigenvalue weighted by atomic mass is 32.2. The van der Waals surface area contributed by atoms with E-state index in [1.807, 2.05) is 0 Å². The first-order chi connectivity index (χ1) is 8.27. The van der Waals surface area contributed by atoms with Crippen molar-refractivity contribution in [3.8, 4) is 0 Å². The van der Waals surface area contributed by atoms with Gasteiger partial charge in [0.25, 0.3) is 0 Å². The van der Waals surface area contributed by atoms with Crippen LogP contribution < -0.4 is 4.72 Å². The zero-order valence-corrected chi connectivity index (χ0v) is 11.6. The molecule has 6 nitrogen and oxygen atoms in total. The highest BCUT2D eigenvalue weighted by Gasteiger charge is 2.24. The molecule has 1 aromatic heterocycles. The molecule has 0 fully saturated rings. The lowest BCUT2D eigenvalue weighted by molar-refractivity contribution is 0.0697. The number of carboxylic acid groups (broad SMARTS) is 1. The standard InChI is InChI=1S/C10H15NO5S2/c1-6(2)8(4-12)11-18(15,16)9-3-7(5-17-9)10(13)14/h3,5-6,8,11-12H,4H2,1-2H3,(H,13,14)/t8-/m1/s1. The predicted molar refractivity (Wildman–Crippen MR) is 67.3 cm³/mol. The van der Waals surface area contributed by atoms with Crippen molar-refractivity contribution in [1.29, 1.82) is 0 Å². The van der Waals surface area contributed by atoms with Crippen molar-refractivity contribution >= 4 is 27.3 Å². The average Bonchev–Trinajstić information content (AvgIpc) is 2.75. The van der Waals surface area contributed by atoms with E-state index in [0.29, 0.717) is 0 Å². The summed E-state index contributed by atoms with van der Waals surface area (Å²) < 4.78 is 26.2. The van der Waals surface area contributed by atoms with Crippen LogP contribution in [0.1, 0.15) is 24.2 Å². The highest BCUT2D eigenvalue weighted by Crippen LogP contribution is 2.21. The van der Waals surface area contributed by atoms with Crippen LogP contribution in [0.2, 0.25) is 0 Å². The molecule has 0 aliphatic rings. The number of carbonyl (C=O) groups is 1. The van der Waals surface area contributed by atoms with Crippen LogP contribution in [0.4, 0.5) is 0 Å². The molecule has 0 bridgehead atoms. The zero-order valence-electron chi connectivity index (χ0n) is 9.95. The molecule has 1 atom stereocenters. The summed E-state index contributed by atoms with van der Waals surface area (Å²) in [4.78, 5) is 10.7. The fourth-order valence-electron chi connectivity index (χ4n) is 1.21. The molecule has 0 amide bonds. The van der Waals surface area contributed by atoms with Crippen LogP contribution in [0, 0.1) is 5.92 Å². The van der Waals surface area contributed by atoms with Gasteiger partial charge in [0.05, 0.1) is 12.2 Å². The second-order valence-corrected chi connectivity index (χ2v) is 6.97. The van der Waals surface area contributed by atoms with Gasteiger partial charge in [-0.1, -0.05) is 13.8 Å². The van der Waals surface area contributed by atoms with Crippen molar-refractivity contribution in [2.75, 3.05) is 6.61 Å². The highest BCUT2D eigenvalue weighted by molar-refractivity contribution is 7.91. The van der Waals surface area contributed by atoms with Crippen LogP contribution in [0.3, 0.4) is 0 Å². The van der Waals surface area contributed by atoms with Gasteiger partial charge < -0.3 is 10.2 Å². The Labute approximate surface area is 109 Å². The number of carboxylic acids is 1. The smallest absolute Gasteiger partial charge is 0.336 e. The molecule has 1 rings (SSSR count). The number of aliphatic hydroxyl groups is 1. The number of aromatic carboxylic acids is 1. The van der Waals surface area contributed by atoms with Crippen molar-refractivity contribution in [2.45, 2.75) is 24.1 Å². The molecule has 0 aliphatic heterocycles. The Balaban J connectivity index is 2.95. The normalized spacial score (nSPS) is 13.8. The minimum atomic E-state index is -3.78. The van der Waals surface area contributed by atoms with Gasteiger partial charge in [-0.15, -0.1) is 11.3 Å². The van der Waals surface area contributed by atoms with Crippen molar-refractivity contribution < 1.29 is 23.4 Å². The summed E-state index contributed by atoms with van der Waals surface area (Å²) in [6.45, 7) is 3.25. The second-order valence-electron chi connectivity index (χ2n) is 4.11. The predicted octanol–water partition coefficient (Wildman–Crippen LogP) is 0.742.